The summed E-state index contributed by atoms with van der Waals surface area (Å²) in [5, 5.41) is 0. The minimum atomic E-state index is -0.310. The highest BCUT2D eigenvalue weighted by molar-refractivity contribution is 5.68. The molecule has 0 aromatic carbocycles. The monoisotopic (exact) mass is 213 g/mol. The Morgan fingerprint density at radius 1 is 1.27 bits per heavy atom. The predicted molar refractivity (Wildman–Crippen MR) is 62.8 cm³/mol. The molecule has 88 valence electrons. The molecule has 0 spiro atoms. The molecule has 0 saturated carbocycles. The van der Waals surface area contributed by atoms with Crippen molar-refractivity contribution in [3.63, 3.8) is 0 Å². The van der Waals surface area contributed by atoms with Gasteiger partial charge < -0.3 is 9.64 Å². The predicted octanol–water partition coefficient (Wildman–Crippen LogP) is 2.92. The maximum absolute atomic E-state index is 11.4. The highest BCUT2D eigenvalue weighted by atomic mass is 16.5. The van der Waals surface area contributed by atoms with E-state index in [1.54, 1.807) is 11.9 Å². The zero-order valence-electron chi connectivity index (χ0n) is 10.7. The highest BCUT2D eigenvalue weighted by Crippen LogP contribution is 2.23. The zero-order chi connectivity index (χ0) is 12.2. The maximum Gasteiger partial charge on any atom is 0.409 e. The molecular weight excluding hydrogens is 190 g/mol. The number of methoxy groups -OCH3 is 1. The van der Waals surface area contributed by atoms with Gasteiger partial charge in [-0.05, 0) is 11.8 Å². The lowest BCUT2D eigenvalue weighted by Crippen LogP contribution is -2.42. The van der Waals surface area contributed by atoms with Crippen LogP contribution in [0.15, 0.2) is 12.2 Å². The summed E-state index contributed by atoms with van der Waals surface area (Å²) in [5.74, 6) is 0.702. The Kier molecular flexibility index (Phi) is 5.40. The number of carbonyl (C=O) groups excluding carboxylic acids is 1. The Hall–Kier alpha value is -0.990. The van der Waals surface area contributed by atoms with E-state index in [2.05, 4.69) is 34.3 Å². The summed E-state index contributed by atoms with van der Waals surface area (Å²) < 4.78 is 4.72. The first-order chi connectivity index (χ1) is 6.82. The summed E-state index contributed by atoms with van der Waals surface area (Å²) in [6.07, 6.45) is -0.310. The minimum absolute atomic E-state index is 0.0393. The van der Waals surface area contributed by atoms with Gasteiger partial charge in [-0.15, -0.1) is 0 Å². The first-order valence-corrected chi connectivity index (χ1v) is 5.32. The van der Waals surface area contributed by atoms with Gasteiger partial charge in [0, 0.05) is 7.05 Å². The summed E-state index contributed by atoms with van der Waals surface area (Å²) in [6, 6.07) is 0.0393. The lowest BCUT2D eigenvalue weighted by Gasteiger charge is -2.33. The van der Waals surface area contributed by atoms with Crippen molar-refractivity contribution in [2.24, 2.45) is 11.8 Å². The van der Waals surface area contributed by atoms with Crippen molar-refractivity contribution in [1.29, 1.82) is 0 Å². The molecule has 0 aromatic rings. The second-order valence-corrected chi connectivity index (χ2v) is 4.50. The zero-order valence-corrected chi connectivity index (χ0v) is 10.7. The summed E-state index contributed by atoms with van der Waals surface area (Å²) in [7, 11) is 3.15. The fourth-order valence-electron chi connectivity index (χ4n) is 1.72. The van der Waals surface area contributed by atoms with E-state index in [1.165, 1.54) is 7.11 Å². The molecule has 0 rings (SSSR count). The van der Waals surface area contributed by atoms with Gasteiger partial charge in [0.1, 0.15) is 0 Å². The molecule has 0 radical (unpaired) electrons. The van der Waals surface area contributed by atoms with Crippen LogP contribution < -0.4 is 0 Å². The smallest absolute Gasteiger partial charge is 0.409 e. The van der Waals surface area contributed by atoms with E-state index in [4.69, 9.17) is 4.74 Å². The number of ether oxygens (including phenoxy) is 1. The summed E-state index contributed by atoms with van der Waals surface area (Å²) in [5.41, 5.74) is 1.07. The van der Waals surface area contributed by atoms with Crippen LogP contribution in [-0.2, 0) is 4.74 Å². The number of rotatable bonds is 4. The Balaban J connectivity index is 4.82. The molecule has 0 aromatic heterocycles. The number of amides is 1. The first kappa shape index (κ1) is 14.0. The van der Waals surface area contributed by atoms with E-state index in [1.807, 2.05) is 0 Å². The maximum atomic E-state index is 11.4. The van der Waals surface area contributed by atoms with Crippen LogP contribution in [0.1, 0.15) is 27.7 Å². The van der Waals surface area contributed by atoms with E-state index in [9.17, 15) is 4.79 Å². The molecule has 0 aliphatic carbocycles. The fraction of sp³-hybridized carbons (Fsp3) is 0.750. The Bertz CT molecular complexity index is 234. The van der Waals surface area contributed by atoms with Crippen LogP contribution in [0.25, 0.3) is 0 Å². The van der Waals surface area contributed by atoms with Crippen LogP contribution in [-0.4, -0.2) is 31.2 Å². The molecule has 0 saturated heterocycles. The number of nitrogens with zero attached hydrogens (tertiary/aromatic N) is 1. The molecule has 0 heterocycles. The molecule has 1 atom stereocenters. The molecular formula is C12H23NO2. The quantitative estimate of drug-likeness (QED) is 0.672. The van der Waals surface area contributed by atoms with Crippen LogP contribution in [0.3, 0.4) is 0 Å². The van der Waals surface area contributed by atoms with Crippen LogP contribution in [0.4, 0.5) is 4.79 Å². The third-order valence-corrected chi connectivity index (χ3v) is 2.63. The van der Waals surface area contributed by atoms with E-state index < -0.39 is 0 Å². The van der Waals surface area contributed by atoms with Gasteiger partial charge in [0.15, 0.2) is 0 Å². The third-order valence-electron chi connectivity index (χ3n) is 2.63. The standard InChI is InChI=1S/C12H23NO2/c1-8(2)10(5)11(9(3)4)13(6)12(14)15-7/h8-9,11H,5H2,1-4,6-7H3. The lowest BCUT2D eigenvalue weighted by molar-refractivity contribution is 0.112. The Labute approximate surface area is 93.1 Å². The van der Waals surface area contributed by atoms with E-state index in [0.29, 0.717) is 11.8 Å². The molecule has 0 aliphatic heterocycles. The van der Waals surface area contributed by atoms with Crippen molar-refractivity contribution in [3.05, 3.63) is 12.2 Å². The Morgan fingerprint density at radius 3 is 2.00 bits per heavy atom. The van der Waals surface area contributed by atoms with Gasteiger partial charge in [-0.2, -0.15) is 0 Å². The number of hydrogen-bond acceptors (Lipinski definition) is 2. The average molecular weight is 213 g/mol. The minimum Gasteiger partial charge on any atom is -0.453 e. The van der Waals surface area contributed by atoms with Crippen LogP contribution in [0, 0.1) is 11.8 Å². The van der Waals surface area contributed by atoms with Gasteiger partial charge >= 0.3 is 6.09 Å². The van der Waals surface area contributed by atoms with E-state index >= 15 is 0 Å². The van der Waals surface area contributed by atoms with Gasteiger partial charge in [0.2, 0.25) is 0 Å². The fourth-order valence-corrected chi connectivity index (χ4v) is 1.72. The van der Waals surface area contributed by atoms with Gasteiger partial charge in [0.25, 0.3) is 0 Å². The molecule has 1 amide bonds. The van der Waals surface area contributed by atoms with Gasteiger partial charge in [0.05, 0.1) is 13.2 Å². The van der Waals surface area contributed by atoms with E-state index in [0.717, 1.165) is 5.57 Å². The summed E-state index contributed by atoms with van der Waals surface area (Å²) in [6.45, 7) is 12.4. The number of likely N-dealkylation sites (N-methyl/N-ethyl adjacent to an activating group) is 1. The Morgan fingerprint density at radius 2 is 1.73 bits per heavy atom. The average Bonchev–Trinajstić information content (AvgIpc) is 2.15. The molecule has 15 heavy (non-hydrogen) atoms. The number of carbonyl (C=O) groups is 1. The van der Waals surface area contributed by atoms with Crippen molar-refractivity contribution in [1.82, 2.24) is 4.90 Å². The van der Waals surface area contributed by atoms with Crippen LogP contribution in [0.2, 0.25) is 0 Å². The van der Waals surface area contributed by atoms with Crippen molar-refractivity contribution < 1.29 is 9.53 Å². The van der Waals surface area contributed by atoms with Gasteiger partial charge in [-0.1, -0.05) is 39.8 Å². The second kappa shape index (κ2) is 5.79. The molecule has 3 heteroatoms. The van der Waals surface area contributed by atoms with Crippen molar-refractivity contribution in [2.75, 3.05) is 14.2 Å². The molecule has 0 aliphatic rings. The largest absolute Gasteiger partial charge is 0.453 e. The van der Waals surface area contributed by atoms with Crippen molar-refractivity contribution in [2.45, 2.75) is 33.7 Å². The first-order valence-electron chi connectivity index (χ1n) is 5.32. The molecule has 0 bridgehead atoms. The van der Waals surface area contributed by atoms with Crippen LogP contribution in [0.5, 0.6) is 0 Å². The highest BCUT2D eigenvalue weighted by Gasteiger charge is 2.27. The molecule has 0 N–H and O–H groups in total. The third kappa shape index (κ3) is 3.57. The summed E-state index contributed by atoms with van der Waals surface area (Å²) in [4.78, 5) is 13.1. The number of hydrogen-bond donors (Lipinski definition) is 0. The molecule has 3 nitrogen and oxygen atoms in total. The van der Waals surface area contributed by atoms with Gasteiger partial charge in [-0.3, -0.25) is 0 Å². The van der Waals surface area contributed by atoms with Gasteiger partial charge in [-0.25, -0.2) is 4.79 Å². The molecule has 0 fully saturated rings. The normalized spacial score (nSPS) is 12.8. The van der Waals surface area contributed by atoms with Crippen molar-refractivity contribution >= 4 is 6.09 Å². The lowest BCUT2D eigenvalue weighted by atomic mass is 9.89. The SMILES string of the molecule is C=C(C(C)C)C(C(C)C)N(C)C(=O)OC. The topological polar surface area (TPSA) is 29.5 Å². The molecule has 1 unspecified atom stereocenters. The van der Waals surface area contributed by atoms with Crippen molar-refractivity contribution in [3.8, 4) is 0 Å². The summed E-state index contributed by atoms with van der Waals surface area (Å²) >= 11 is 0. The van der Waals surface area contributed by atoms with E-state index in [-0.39, 0.29) is 12.1 Å². The van der Waals surface area contributed by atoms with Crippen LogP contribution >= 0.6 is 0 Å². The second-order valence-electron chi connectivity index (χ2n) is 4.50.